The van der Waals surface area contributed by atoms with E-state index in [-0.39, 0.29) is 31.8 Å². The molecule has 0 fully saturated rings. The first-order valence-electron chi connectivity index (χ1n) is 12.3. The van der Waals surface area contributed by atoms with Crippen molar-refractivity contribution in [1.82, 2.24) is 14.7 Å². The lowest BCUT2D eigenvalue weighted by Crippen LogP contribution is -2.39. The number of hydrogen-bond donors (Lipinski definition) is 5. The third kappa shape index (κ3) is 8.75. The standard InChI is InChI=1S/C27H34N4O7/c1-2-38-27(37)28-22-5-3-4-20(12-22)14-31-26(36)11-10-25(29-31)21-8-6-19(7-9-21)13-30(15-23(34)17-32)16-24(35)18-33/h3-12,23-24,32-35H,2,13-18H2,1H3,(H,28,37). The Labute approximate surface area is 220 Å². The third-order valence-electron chi connectivity index (χ3n) is 5.66. The molecule has 5 N–H and O–H groups in total. The van der Waals surface area contributed by atoms with E-state index in [9.17, 15) is 19.8 Å². The van der Waals surface area contributed by atoms with Crippen LogP contribution in [0, 0.1) is 0 Å². The van der Waals surface area contributed by atoms with Crippen LogP contribution in [-0.4, -0.2) is 86.3 Å². The van der Waals surface area contributed by atoms with Crippen molar-refractivity contribution in [1.29, 1.82) is 0 Å². The number of aliphatic hydroxyl groups is 4. The van der Waals surface area contributed by atoms with Gasteiger partial charge in [-0.25, -0.2) is 9.48 Å². The highest BCUT2D eigenvalue weighted by Crippen LogP contribution is 2.18. The van der Waals surface area contributed by atoms with E-state index < -0.39 is 31.5 Å². The second kappa shape index (κ2) is 14.4. The van der Waals surface area contributed by atoms with Crippen molar-refractivity contribution >= 4 is 11.8 Å². The molecule has 3 aromatic rings. The predicted octanol–water partition coefficient (Wildman–Crippen LogP) is 1.04. The van der Waals surface area contributed by atoms with Gasteiger partial charge in [0.05, 0.1) is 44.3 Å². The van der Waals surface area contributed by atoms with Crippen LogP contribution in [0.15, 0.2) is 65.5 Å². The van der Waals surface area contributed by atoms with E-state index in [0.717, 1.165) is 16.7 Å². The van der Waals surface area contributed by atoms with E-state index >= 15 is 0 Å². The Morgan fingerprint density at radius 1 is 1.00 bits per heavy atom. The fraction of sp³-hybridized carbons (Fsp3) is 0.370. The van der Waals surface area contributed by atoms with Gasteiger partial charge >= 0.3 is 6.09 Å². The van der Waals surface area contributed by atoms with Crippen molar-refractivity contribution in [2.45, 2.75) is 32.2 Å². The summed E-state index contributed by atoms with van der Waals surface area (Å²) in [5.74, 6) is 0. The molecule has 1 heterocycles. The van der Waals surface area contributed by atoms with E-state index in [1.54, 1.807) is 36.1 Å². The molecule has 2 unspecified atom stereocenters. The van der Waals surface area contributed by atoms with Gasteiger partial charge in [-0.3, -0.25) is 15.0 Å². The normalized spacial score (nSPS) is 12.8. The minimum atomic E-state index is -0.966. The molecule has 204 valence electrons. The number of nitrogens with zero attached hydrogens (tertiary/aromatic N) is 3. The maximum absolute atomic E-state index is 12.5. The predicted molar refractivity (Wildman–Crippen MR) is 142 cm³/mol. The number of amides is 1. The Morgan fingerprint density at radius 2 is 1.68 bits per heavy atom. The molecule has 11 heteroatoms. The quantitative estimate of drug-likeness (QED) is 0.219. The summed E-state index contributed by atoms with van der Waals surface area (Å²) in [6.07, 6.45) is -2.48. The van der Waals surface area contributed by atoms with Crippen LogP contribution in [0.4, 0.5) is 10.5 Å². The number of hydrogen-bond acceptors (Lipinski definition) is 9. The summed E-state index contributed by atoms with van der Waals surface area (Å²) in [4.78, 5) is 25.9. The molecular weight excluding hydrogens is 492 g/mol. The number of carbonyl (C=O) groups excluding carboxylic acids is 1. The van der Waals surface area contributed by atoms with Gasteiger partial charge in [-0.2, -0.15) is 5.10 Å². The van der Waals surface area contributed by atoms with Crippen molar-refractivity contribution in [3.8, 4) is 11.3 Å². The molecule has 0 aliphatic carbocycles. The van der Waals surface area contributed by atoms with E-state index in [2.05, 4.69) is 10.4 Å². The van der Waals surface area contributed by atoms with Crippen LogP contribution in [0.3, 0.4) is 0 Å². The molecule has 0 radical (unpaired) electrons. The zero-order valence-corrected chi connectivity index (χ0v) is 21.2. The molecule has 0 bridgehead atoms. The highest BCUT2D eigenvalue weighted by molar-refractivity contribution is 5.84. The van der Waals surface area contributed by atoms with E-state index in [1.807, 2.05) is 30.3 Å². The summed E-state index contributed by atoms with van der Waals surface area (Å²) < 4.78 is 6.25. The first-order chi connectivity index (χ1) is 18.3. The average molecular weight is 527 g/mol. The lowest BCUT2D eigenvalue weighted by molar-refractivity contribution is 0.0204. The molecule has 0 aliphatic heterocycles. The van der Waals surface area contributed by atoms with Crippen molar-refractivity contribution in [3.05, 3.63) is 82.1 Å². The summed E-state index contributed by atoms with van der Waals surface area (Å²) in [5, 5.41) is 45.1. The molecule has 11 nitrogen and oxygen atoms in total. The minimum Gasteiger partial charge on any atom is -0.450 e. The monoisotopic (exact) mass is 526 g/mol. The lowest BCUT2D eigenvalue weighted by atomic mass is 10.1. The third-order valence-corrected chi connectivity index (χ3v) is 5.66. The van der Waals surface area contributed by atoms with Gasteiger partial charge < -0.3 is 25.2 Å². The van der Waals surface area contributed by atoms with Crippen molar-refractivity contribution in [2.75, 3.05) is 38.2 Å². The van der Waals surface area contributed by atoms with Gasteiger partial charge in [-0.05, 0) is 36.2 Å². The van der Waals surface area contributed by atoms with Gasteiger partial charge in [0.25, 0.3) is 5.56 Å². The molecule has 1 amide bonds. The van der Waals surface area contributed by atoms with Crippen LogP contribution >= 0.6 is 0 Å². The van der Waals surface area contributed by atoms with Crippen LogP contribution < -0.4 is 10.9 Å². The van der Waals surface area contributed by atoms with Gasteiger partial charge in [0.15, 0.2) is 0 Å². The molecule has 3 rings (SSSR count). The summed E-state index contributed by atoms with van der Waals surface area (Å²) in [7, 11) is 0. The largest absolute Gasteiger partial charge is 0.450 e. The Kier molecular flexibility index (Phi) is 10.9. The topological polar surface area (TPSA) is 157 Å². The van der Waals surface area contributed by atoms with Gasteiger partial charge in [0, 0.05) is 37.0 Å². The zero-order valence-electron chi connectivity index (χ0n) is 21.2. The van der Waals surface area contributed by atoms with Crippen LogP contribution in [-0.2, 0) is 17.8 Å². The number of nitrogens with one attached hydrogen (secondary N) is 1. The second-order valence-electron chi connectivity index (χ2n) is 8.82. The number of rotatable bonds is 13. The molecule has 0 aliphatic rings. The maximum atomic E-state index is 12.5. The highest BCUT2D eigenvalue weighted by Gasteiger charge is 2.16. The molecule has 0 saturated carbocycles. The first-order valence-corrected chi connectivity index (χ1v) is 12.3. The summed E-state index contributed by atoms with van der Waals surface area (Å²) in [5.41, 5.74) is 3.33. The summed E-state index contributed by atoms with van der Waals surface area (Å²) in [6.45, 7) is 2.04. The average Bonchev–Trinajstić information content (AvgIpc) is 2.90. The molecule has 0 spiro atoms. The highest BCUT2D eigenvalue weighted by atomic mass is 16.5. The van der Waals surface area contributed by atoms with E-state index in [1.165, 1.54) is 10.7 Å². The molecule has 38 heavy (non-hydrogen) atoms. The molecular formula is C27H34N4O7. The van der Waals surface area contributed by atoms with Crippen molar-refractivity contribution in [3.63, 3.8) is 0 Å². The summed E-state index contributed by atoms with van der Waals surface area (Å²) in [6, 6.07) is 17.6. The first kappa shape index (κ1) is 29.0. The molecule has 1 aromatic heterocycles. The smallest absolute Gasteiger partial charge is 0.411 e. The van der Waals surface area contributed by atoms with E-state index in [0.29, 0.717) is 17.9 Å². The van der Waals surface area contributed by atoms with Gasteiger partial charge in [-0.1, -0.05) is 36.4 Å². The van der Waals surface area contributed by atoms with E-state index in [4.69, 9.17) is 14.9 Å². The van der Waals surface area contributed by atoms with Crippen molar-refractivity contribution in [2.24, 2.45) is 0 Å². The molecule has 0 saturated heterocycles. The minimum absolute atomic E-state index is 0.137. The Balaban J connectivity index is 1.73. The van der Waals surface area contributed by atoms with Crippen LogP contribution in [0.5, 0.6) is 0 Å². The van der Waals surface area contributed by atoms with Crippen LogP contribution in [0.2, 0.25) is 0 Å². The van der Waals surface area contributed by atoms with Crippen molar-refractivity contribution < 1.29 is 30.0 Å². The van der Waals surface area contributed by atoms with Crippen LogP contribution in [0.1, 0.15) is 18.1 Å². The van der Waals surface area contributed by atoms with Gasteiger partial charge in [-0.15, -0.1) is 0 Å². The number of aromatic nitrogens is 2. The Bertz CT molecular complexity index is 1220. The summed E-state index contributed by atoms with van der Waals surface area (Å²) >= 11 is 0. The molecule has 2 aromatic carbocycles. The number of benzene rings is 2. The zero-order chi connectivity index (χ0) is 27.5. The van der Waals surface area contributed by atoms with Gasteiger partial charge in [0.2, 0.25) is 0 Å². The van der Waals surface area contributed by atoms with Gasteiger partial charge in [0.1, 0.15) is 0 Å². The Hall–Kier alpha value is -3.61. The number of carbonyl (C=O) groups is 1. The maximum Gasteiger partial charge on any atom is 0.411 e. The Morgan fingerprint density at radius 3 is 2.32 bits per heavy atom. The fourth-order valence-electron chi connectivity index (χ4n) is 3.88. The number of anilines is 1. The number of ether oxygens (including phenoxy) is 1. The van der Waals surface area contributed by atoms with Crippen LogP contribution in [0.25, 0.3) is 11.3 Å². The SMILES string of the molecule is CCOC(=O)Nc1cccc(Cn2nc(-c3ccc(CN(CC(O)CO)CC(O)CO)cc3)ccc2=O)c1. The lowest BCUT2D eigenvalue weighted by Gasteiger charge is -2.26. The second-order valence-corrected chi connectivity index (χ2v) is 8.82. The fourth-order valence-corrected chi connectivity index (χ4v) is 3.88. The number of aliphatic hydroxyl groups excluding tert-OH is 4. The molecule has 2 atom stereocenters.